The first-order valence-corrected chi connectivity index (χ1v) is 9.95. The first-order chi connectivity index (χ1) is 12.8. The number of likely N-dealkylation sites (tertiary alicyclic amines) is 1. The molecule has 1 N–H and O–H groups in total. The van der Waals surface area contributed by atoms with E-state index < -0.39 is 6.10 Å². The molecule has 4 rings (SSSR count). The monoisotopic (exact) mass is 381 g/mol. The Balaban J connectivity index is 1.48. The molecule has 3 aliphatic heterocycles. The fraction of sp³-hybridized carbons (Fsp3) is 0.850. The highest BCUT2D eigenvalue weighted by Gasteiger charge is 2.72. The highest BCUT2D eigenvalue weighted by molar-refractivity contribution is 5.69. The van der Waals surface area contributed by atoms with Crippen LogP contribution in [0.5, 0.6) is 0 Å². The van der Waals surface area contributed by atoms with E-state index in [1.54, 1.807) is 7.11 Å². The van der Waals surface area contributed by atoms with Crippen LogP contribution < -0.4 is 0 Å². The molecule has 0 radical (unpaired) electrons. The second-order valence-corrected chi connectivity index (χ2v) is 8.90. The molecule has 1 aliphatic carbocycles. The molecule has 7 heteroatoms. The van der Waals surface area contributed by atoms with E-state index >= 15 is 0 Å². The SMILES string of the molecule is CO[C@H]1C([C@@]2(C)O[C@@H]2/C=C/C(C)C)[C@]2(CC[C@H]1OC(=O)N1CC(O)C1)CO2. The maximum Gasteiger partial charge on any atom is 0.410 e. The molecule has 0 aromatic heterocycles. The van der Waals surface area contributed by atoms with E-state index in [2.05, 4.69) is 32.9 Å². The van der Waals surface area contributed by atoms with E-state index in [0.717, 1.165) is 6.42 Å². The molecule has 1 amide bonds. The number of rotatable bonds is 5. The summed E-state index contributed by atoms with van der Waals surface area (Å²) in [5, 5.41) is 9.41. The standard InChI is InChI=1S/C20H31NO6/c1-12(2)5-6-15-19(3,27-15)17-16(24-4)14(7-8-20(17)11-25-20)26-18(23)21-9-13(22)10-21/h5-6,12-17,22H,7-11H2,1-4H3/b6-5+/t14-,15-,16-,17?,19+,20+/m1/s1. The summed E-state index contributed by atoms with van der Waals surface area (Å²) in [6.45, 7) is 7.77. The minimum atomic E-state index is -0.440. The summed E-state index contributed by atoms with van der Waals surface area (Å²) in [6.07, 6.45) is 4.43. The van der Waals surface area contributed by atoms with Crippen molar-refractivity contribution >= 4 is 6.09 Å². The van der Waals surface area contributed by atoms with E-state index in [9.17, 15) is 9.90 Å². The van der Waals surface area contributed by atoms with Gasteiger partial charge in [-0.05, 0) is 25.7 Å². The van der Waals surface area contributed by atoms with Crippen molar-refractivity contribution in [2.75, 3.05) is 26.8 Å². The van der Waals surface area contributed by atoms with E-state index in [0.29, 0.717) is 32.0 Å². The molecule has 4 fully saturated rings. The van der Waals surface area contributed by atoms with Gasteiger partial charge in [0, 0.05) is 7.11 Å². The zero-order valence-electron chi connectivity index (χ0n) is 16.6. The number of hydrogen-bond donors (Lipinski definition) is 1. The Morgan fingerprint density at radius 3 is 2.63 bits per heavy atom. The zero-order valence-corrected chi connectivity index (χ0v) is 16.6. The molecule has 0 aromatic carbocycles. The maximum atomic E-state index is 12.4. The molecule has 1 saturated carbocycles. The molecular weight excluding hydrogens is 350 g/mol. The van der Waals surface area contributed by atoms with Crippen LogP contribution in [-0.4, -0.2) is 78.5 Å². The highest BCUT2D eigenvalue weighted by Crippen LogP contribution is 2.59. The smallest absolute Gasteiger partial charge is 0.410 e. The second kappa shape index (κ2) is 6.72. The number of carbonyl (C=O) groups is 1. The first kappa shape index (κ1) is 19.2. The van der Waals surface area contributed by atoms with Crippen LogP contribution in [0.25, 0.3) is 0 Å². The Hall–Kier alpha value is -1.15. The molecule has 3 saturated heterocycles. The molecule has 0 aromatic rings. The third-order valence-corrected chi connectivity index (χ3v) is 6.45. The average Bonchev–Trinajstić information content (AvgIpc) is 3.49. The van der Waals surface area contributed by atoms with Gasteiger partial charge in [0.05, 0.1) is 31.7 Å². The number of ether oxygens (including phenoxy) is 4. The van der Waals surface area contributed by atoms with Crippen molar-refractivity contribution in [2.45, 2.75) is 69.2 Å². The van der Waals surface area contributed by atoms with Gasteiger partial charge in [-0.1, -0.05) is 26.0 Å². The number of hydrogen-bond acceptors (Lipinski definition) is 6. The number of aliphatic hydroxyl groups excluding tert-OH is 1. The zero-order chi connectivity index (χ0) is 19.4. The average molecular weight is 381 g/mol. The molecular formula is C20H31NO6. The second-order valence-electron chi connectivity index (χ2n) is 8.90. The van der Waals surface area contributed by atoms with Crippen LogP contribution in [0.4, 0.5) is 4.79 Å². The van der Waals surface area contributed by atoms with Gasteiger partial charge in [-0.25, -0.2) is 4.79 Å². The Kier molecular flexibility index (Phi) is 4.78. The lowest BCUT2D eigenvalue weighted by molar-refractivity contribution is -0.126. The van der Waals surface area contributed by atoms with Gasteiger partial charge >= 0.3 is 6.09 Å². The third-order valence-electron chi connectivity index (χ3n) is 6.45. The van der Waals surface area contributed by atoms with Gasteiger partial charge in [0.15, 0.2) is 0 Å². The summed E-state index contributed by atoms with van der Waals surface area (Å²) in [7, 11) is 1.66. The molecule has 27 heavy (non-hydrogen) atoms. The molecule has 3 heterocycles. The van der Waals surface area contributed by atoms with Crippen molar-refractivity contribution in [1.82, 2.24) is 4.90 Å². The van der Waals surface area contributed by atoms with Crippen LogP contribution >= 0.6 is 0 Å². The van der Waals surface area contributed by atoms with Gasteiger partial charge in [-0.3, -0.25) is 0 Å². The Morgan fingerprint density at radius 1 is 1.37 bits per heavy atom. The molecule has 1 spiro atoms. The molecule has 7 nitrogen and oxygen atoms in total. The van der Waals surface area contributed by atoms with Crippen molar-refractivity contribution in [3.05, 3.63) is 12.2 Å². The third kappa shape index (κ3) is 3.39. The Labute approximate surface area is 160 Å². The van der Waals surface area contributed by atoms with Crippen molar-refractivity contribution in [3.63, 3.8) is 0 Å². The molecule has 152 valence electrons. The number of methoxy groups -OCH3 is 1. The number of carbonyl (C=O) groups excluding carboxylic acids is 1. The fourth-order valence-corrected chi connectivity index (χ4v) is 4.75. The predicted octanol–water partition coefficient (Wildman–Crippen LogP) is 1.73. The summed E-state index contributed by atoms with van der Waals surface area (Å²) >= 11 is 0. The summed E-state index contributed by atoms with van der Waals surface area (Å²) in [5.74, 6) is 0.472. The van der Waals surface area contributed by atoms with Gasteiger partial charge in [0.25, 0.3) is 0 Å². The van der Waals surface area contributed by atoms with E-state index in [1.165, 1.54) is 4.90 Å². The van der Waals surface area contributed by atoms with E-state index in [4.69, 9.17) is 18.9 Å². The van der Waals surface area contributed by atoms with Gasteiger partial charge in [0.2, 0.25) is 0 Å². The van der Waals surface area contributed by atoms with E-state index in [1.807, 2.05) is 0 Å². The van der Waals surface area contributed by atoms with Crippen LogP contribution in [0, 0.1) is 11.8 Å². The lowest BCUT2D eigenvalue weighted by Crippen LogP contribution is -2.58. The van der Waals surface area contributed by atoms with Gasteiger partial charge in [-0.15, -0.1) is 0 Å². The molecule has 6 atom stereocenters. The van der Waals surface area contributed by atoms with Gasteiger partial charge < -0.3 is 29.0 Å². The predicted molar refractivity (Wildman–Crippen MR) is 97.3 cm³/mol. The Bertz CT molecular complexity index is 612. The number of β-amino-alcohol motifs (C(OH)–C–C–N with tert-alkyl or cyclic N) is 1. The minimum Gasteiger partial charge on any atom is -0.443 e. The van der Waals surface area contributed by atoms with Crippen LogP contribution in [0.1, 0.15) is 33.6 Å². The molecule has 1 unspecified atom stereocenters. The lowest BCUT2D eigenvalue weighted by Gasteiger charge is -2.44. The van der Waals surface area contributed by atoms with Crippen molar-refractivity contribution in [3.8, 4) is 0 Å². The topological polar surface area (TPSA) is 84.1 Å². The summed E-state index contributed by atoms with van der Waals surface area (Å²) in [4.78, 5) is 13.9. The van der Waals surface area contributed by atoms with Crippen molar-refractivity contribution in [2.24, 2.45) is 11.8 Å². The number of aliphatic hydroxyl groups is 1. The highest BCUT2D eigenvalue weighted by atomic mass is 16.6. The normalized spacial score (nSPS) is 44.0. The van der Waals surface area contributed by atoms with Gasteiger partial charge in [0.1, 0.15) is 29.5 Å². The fourth-order valence-electron chi connectivity index (χ4n) is 4.75. The number of nitrogens with zero attached hydrogens (tertiary/aromatic N) is 1. The first-order valence-electron chi connectivity index (χ1n) is 9.95. The van der Waals surface area contributed by atoms with Gasteiger partial charge in [-0.2, -0.15) is 0 Å². The Morgan fingerprint density at radius 2 is 2.07 bits per heavy atom. The summed E-state index contributed by atoms with van der Waals surface area (Å²) in [6, 6.07) is 0. The van der Waals surface area contributed by atoms with Crippen LogP contribution in [-0.2, 0) is 18.9 Å². The lowest BCUT2D eigenvalue weighted by atomic mass is 9.68. The molecule has 0 bridgehead atoms. The summed E-state index contributed by atoms with van der Waals surface area (Å²) in [5.41, 5.74) is -0.605. The summed E-state index contributed by atoms with van der Waals surface area (Å²) < 4.78 is 23.7. The van der Waals surface area contributed by atoms with Crippen LogP contribution in [0.3, 0.4) is 0 Å². The molecule has 4 aliphatic rings. The number of amides is 1. The largest absolute Gasteiger partial charge is 0.443 e. The van der Waals surface area contributed by atoms with Crippen LogP contribution in [0.2, 0.25) is 0 Å². The maximum absolute atomic E-state index is 12.4. The van der Waals surface area contributed by atoms with Crippen LogP contribution in [0.15, 0.2) is 12.2 Å². The quantitative estimate of drug-likeness (QED) is 0.577. The number of allylic oxidation sites excluding steroid dienone is 1. The van der Waals surface area contributed by atoms with Crippen molar-refractivity contribution in [1.29, 1.82) is 0 Å². The number of epoxide rings is 2. The van der Waals surface area contributed by atoms with Crippen molar-refractivity contribution < 1.29 is 28.8 Å². The minimum absolute atomic E-state index is 0.00495. The van der Waals surface area contributed by atoms with E-state index in [-0.39, 0.29) is 41.5 Å².